The molecule has 1 aliphatic heterocycles. The fraction of sp³-hybridized carbons (Fsp3) is 0.286. The molecule has 1 saturated heterocycles. The fourth-order valence-electron chi connectivity index (χ4n) is 3.62. The minimum Gasteiger partial charge on any atom is -0.347 e. The Labute approximate surface area is 175 Å². The number of carbonyl (C=O) groups is 1. The molecule has 0 spiro atoms. The third kappa shape index (κ3) is 4.41. The highest BCUT2D eigenvalue weighted by Gasteiger charge is 2.26. The highest BCUT2D eigenvalue weighted by molar-refractivity contribution is 7.92. The van der Waals surface area contributed by atoms with Crippen LogP contribution in [0.5, 0.6) is 0 Å². The van der Waals surface area contributed by atoms with Crippen molar-refractivity contribution < 1.29 is 13.2 Å². The first kappa shape index (κ1) is 19.8. The summed E-state index contributed by atoms with van der Waals surface area (Å²) in [5, 5.41) is 4.60. The lowest BCUT2D eigenvalue weighted by atomic mass is 10.2. The Bertz CT molecular complexity index is 1160. The van der Waals surface area contributed by atoms with Gasteiger partial charge in [0, 0.05) is 41.9 Å². The molecule has 0 atom stereocenters. The number of nitrogens with zero attached hydrogens (tertiary/aromatic N) is 2. The van der Waals surface area contributed by atoms with Crippen molar-refractivity contribution in [2.45, 2.75) is 25.8 Å². The SMILES string of the molecule is O=C(CCn1ccc2ccc(Cl)cc21)Nc1cccc(N2CCCCS2(=O)=O)c1. The van der Waals surface area contributed by atoms with Crippen LogP contribution in [0.1, 0.15) is 19.3 Å². The zero-order valence-corrected chi connectivity index (χ0v) is 17.4. The number of hydrogen-bond donors (Lipinski definition) is 1. The van der Waals surface area contributed by atoms with Gasteiger partial charge in [-0.1, -0.05) is 23.7 Å². The van der Waals surface area contributed by atoms with Crippen LogP contribution < -0.4 is 9.62 Å². The first-order valence-electron chi connectivity index (χ1n) is 9.57. The largest absolute Gasteiger partial charge is 0.347 e. The second-order valence-corrected chi connectivity index (χ2v) is 9.61. The summed E-state index contributed by atoms with van der Waals surface area (Å²) in [4.78, 5) is 12.4. The number of halogens is 1. The molecule has 1 fully saturated rings. The lowest BCUT2D eigenvalue weighted by molar-refractivity contribution is -0.116. The van der Waals surface area contributed by atoms with E-state index in [1.807, 2.05) is 35.0 Å². The van der Waals surface area contributed by atoms with Crippen molar-refractivity contribution in [3.05, 3.63) is 59.8 Å². The number of aryl methyl sites for hydroxylation is 1. The molecule has 2 aromatic carbocycles. The molecule has 2 heterocycles. The van der Waals surface area contributed by atoms with Crippen LogP contribution in [0.3, 0.4) is 0 Å². The topological polar surface area (TPSA) is 71.4 Å². The van der Waals surface area contributed by atoms with Gasteiger partial charge in [0.15, 0.2) is 0 Å². The van der Waals surface area contributed by atoms with Gasteiger partial charge < -0.3 is 9.88 Å². The Balaban J connectivity index is 1.43. The van der Waals surface area contributed by atoms with Gasteiger partial charge in [0.25, 0.3) is 0 Å². The van der Waals surface area contributed by atoms with E-state index in [0.717, 1.165) is 17.3 Å². The van der Waals surface area contributed by atoms with Crippen molar-refractivity contribution in [2.75, 3.05) is 21.9 Å². The molecule has 1 aromatic heterocycles. The Morgan fingerprint density at radius 3 is 2.79 bits per heavy atom. The number of anilines is 2. The number of rotatable bonds is 5. The molecule has 6 nitrogen and oxygen atoms in total. The number of sulfonamides is 1. The van der Waals surface area contributed by atoms with E-state index in [4.69, 9.17) is 11.6 Å². The van der Waals surface area contributed by atoms with Gasteiger partial charge in [-0.2, -0.15) is 0 Å². The van der Waals surface area contributed by atoms with Crippen molar-refractivity contribution in [2.24, 2.45) is 0 Å². The van der Waals surface area contributed by atoms with E-state index in [9.17, 15) is 13.2 Å². The molecule has 4 rings (SSSR count). The van der Waals surface area contributed by atoms with Gasteiger partial charge in [-0.25, -0.2) is 8.42 Å². The smallest absolute Gasteiger partial charge is 0.235 e. The number of hydrogen-bond acceptors (Lipinski definition) is 3. The third-order valence-electron chi connectivity index (χ3n) is 5.08. The molecule has 0 bridgehead atoms. The summed E-state index contributed by atoms with van der Waals surface area (Å²) in [6, 6.07) is 14.7. The summed E-state index contributed by atoms with van der Waals surface area (Å²) >= 11 is 6.08. The molecule has 1 N–H and O–H groups in total. The number of amides is 1. The number of carbonyl (C=O) groups excluding carboxylic acids is 1. The molecular weight excluding hydrogens is 410 g/mol. The minimum absolute atomic E-state index is 0.132. The van der Waals surface area contributed by atoms with E-state index in [1.165, 1.54) is 4.31 Å². The van der Waals surface area contributed by atoms with Gasteiger partial charge in [0.1, 0.15) is 0 Å². The summed E-state index contributed by atoms with van der Waals surface area (Å²) in [6.07, 6.45) is 3.76. The van der Waals surface area contributed by atoms with Crippen LogP contribution >= 0.6 is 11.6 Å². The van der Waals surface area contributed by atoms with Gasteiger partial charge >= 0.3 is 0 Å². The molecule has 0 saturated carbocycles. The average Bonchev–Trinajstić information content (AvgIpc) is 3.08. The molecule has 1 amide bonds. The second-order valence-electron chi connectivity index (χ2n) is 7.16. The van der Waals surface area contributed by atoms with E-state index in [2.05, 4.69) is 5.32 Å². The van der Waals surface area contributed by atoms with Gasteiger partial charge in [0.05, 0.1) is 11.4 Å². The van der Waals surface area contributed by atoms with Crippen molar-refractivity contribution in [1.82, 2.24) is 4.57 Å². The summed E-state index contributed by atoms with van der Waals surface area (Å²) in [7, 11) is -3.28. The number of fused-ring (bicyclic) bond motifs is 1. The number of aromatic nitrogens is 1. The predicted molar refractivity (Wildman–Crippen MR) is 117 cm³/mol. The van der Waals surface area contributed by atoms with E-state index in [1.54, 1.807) is 24.3 Å². The maximum absolute atomic E-state index is 12.4. The molecule has 1 aliphatic rings. The molecule has 0 aliphatic carbocycles. The van der Waals surface area contributed by atoms with E-state index >= 15 is 0 Å². The number of nitrogens with one attached hydrogen (secondary N) is 1. The first-order chi connectivity index (χ1) is 13.9. The summed E-state index contributed by atoms with van der Waals surface area (Å²) in [5.74, 6) is 0.0332. The maximum Gasteiger partial charge on any atom is 0.235 e. The van der Waals surface area contributed by atoms with Crippen LogP contribution in [-0.2, 0) is 21.4 Å². The quantitative estimate of drug-likeness (QED) is 0.656. The van der Waals surface area contributed by atoms with Gasteiger partial charge in [-0.05, 0) is 54.6 Å². The van der Waals surface area contributed by atoms with E-state index in [-0.39, 0.29) is 11.7 Å². The second kappa shape index (κ2) is 8.08. The third-order valence-corrected chi connectivity index (χ3v) is 7.19. The summed E-state index contributed by atoms with van der Waals surface area (Å²) in [6.45, 7) is 0.999. The Morgan fingerprint density at radius 2 is 1.97 bits per heavy atom. The Kier molecular flexibility index (Phi) is 5.52. The van der Waals surface area contributed by atoms with Crippen LogP contribution in [-0.4, -0.2) is 31.2 Å². The molecule has 3 aromatic rings. The van der Waals surface area contributed by atoms with Crippen LogP contribution in [0.15, 0.2) is 54.7 Å². The monoisotopic (exact) mass is 431 g/mol. The Hall–Kier alpha value is -2.51. The van der Waals surface area contributed by atoms with Crippen molar-refractivity contribution in [3.8, 4) is 0 Å². The summed E-state index contributed by atoms with van der Waals surface area (Å²) < 4.78 is 28.0. The van der Waals surface area contributed by atoms with E-state index in [0.29, 0.717) is 42.3 Å². The molecule has 8 heteroatoms. The minimum atomic E-state index is -3.28. The standard InChI is InChI=1S/C21H22ClN3O3S/c22-17-7-6-16-8-11-24(20(16)14-17)12-9-21(26)23-18-4-3-5-19(15-18)25-10-1-2-13-29(25,27)28/h3-8,11,14-15H,1-2,9-10,12-13H2,(H,23,26). The van der Waals surface area contributed by atoms with Crippen LogP contribution in [0.25, 0.3) is 10.9 Å². The molecular formula is C21H22ClN3O3S. The van der Waals surface area contributed by atoms with Crippen molar-refractivity contribution in [3.63, 3.8) is 0 Å². The van der Waals surface area contributed by atoms with Crippen LogP contribution in [0.4, 0.5) is 11.4 Å². The highest BCUT2D eigenvalue weighted by Crippen LogP contribution is 2.26. The van der Waals surface area contributed by atoms with Gasteiger partial charge in [-0.15, -0.1) is 0 Å². The zero-order valence-electron chi connectivity index (χ0n) is 15.8. The molecule has 0 radical (unpaired) electrons. The lowest BCUT2D eigenvalue weighted by Gasteiger charge is -2.28. The molecule has 0 unspecified atom stereocenters. The highest BCUT2D eigenvalue weighted by atomic mass is 35.5. The van der Waals surface area contributed by atoms with Crippen LogP contribution in [0.2, 0.25) is 5.02 Å². The zero-order chi connectivity index (χ0) is 20.4. The number of benzene rings is 2. The van der Waals surface area contributed by atoms with E-state index < -0.39 is 10.0 Å². The van der Waals surface area contributed by atoms with Crippen LogP contribution in [0, 0.1) is 0 Å². The normalized spacial score (nSPS) is 16.1. The molecule has 152 valence electrons. The predicted octanol–water partition coefficient (Wildman–Crippen LogP) is 4.25. The van der Waals surface area contributed by atoms with Gasteiger partial charge in [-0.3, -0.25) is 9.10 Å². The van der Waals surface area contributed by atoms with Crippen molar-refractivity contribution >= 4 is 49.8 Å². The van der Waals surface area contributed by atoms with Crippen molar-refractivity contribution in [1.29, 1.82) is 0 Å². The van der Waals surface area contributed by atoms with Gasteiger partial charge in [0.2, 0.25) is 15.9 Å². The Morgan fingerprint density at radius 1 is 1.10 bits per heavy atom. The fourth-order valence-corrected chi connectivity index (χ4v) is 5.41. The summed E-state index contributed by atoms with van der Waals surface area (Å²) in [5.41, 5.74) is 2.17. The first-order valence-corrected chi connectivity index (χ1v) is 11.6. The average molecular weight is 432 g/mol. The lowest BCUT2D eigenvalue weighted by Crippen LogP contribution is -2.37. The maximum atomic E-state index is 12.4. The molecule has 29 heavy (non-hydrogen) atoms.